The van der Waals surface area contributed by atoms with Gasteiger partial charge in [-0.1, -0.05) is 0 Å². The van der Waals surface area contributed by atoms with Crippen molar-refractivity contribution in [1.29, 1.82) is 0 Å². The number of carbonyl (C=O) groups excluding carboxylic acids is 1. The van der Waals surface area contributed by atoms with E-state index in [1.54, 1.807) is 12.1 Å². The number of anilines is 2. The summed E-state index contributed by atoms with van der Waals surface area (Å²) in [5.41, 5.74) is 12.6. The molecule has 0 aromatic heterocycles. The molecule has 1 heterocycles. The number of rotatable bonds is 3. The highest BCUT2D eigenvalue weighted by Crippen LogP contribution is 2.24. The van der Waals surface area contributed by atoms with Crippen molar-refractivity contribution >= 4 is 17.3 Å². The maximum Gasteiger partial charge on any atom is 0.250 e. The number of nitrogens with zero attached hydrogens (tertiary/aromatic N) is 1. The van der Waals surface area contributed by atoms with Crippen LogP contribution in [0.25, 0.3) is 0 Å². The third-order valence-corrected chi connectivity index (χ3v) is 3.20. The van der Waals surface area contributed by atoms with Crippen LogP contribution in [0.5, 0.6) is 0 Å². The molecule has 2 unspecified atom stereocenters. The number of primary amides is 1. The Balaban J connectivity index is 2.26. The number of carbonyl (C=O) groups is 1. The van der Waals surface area contributed by atoms with Gasteiger partial charge in [-0.15, -0.1) is 0 Å². The smallest absolute Gasteiger partial charge is 0.250 e. The first-order valence-electron chi connectivity index (χ1n) is 6.22. The van der Waals surface area contributed by atoms with Crippen molar-refractivity contribution in [3.05, 3.63) is 23.8 Å². The third-order valence-electron chi connectivity index (χ3n) is 3.20. The SMILES string of the molecule is CC1CN(c2ccc(N)c(C(N)=O)c2)CC(CO)O1. The van der Waals surface area contributed by atoms with Crippen molar-refractivity contribution in [2.75, 3.05) is 30.3 Å². The number of aliphatic hydroxyl groups excluding tert-OH is 1. The highest BCUT2D eigenvalue weighted by Gasteiger charge is 2.25. The van der Waals surface area contributed by atoms with Crippen LogP contribution in [0, 0.1) is 0 Å². The van der Waals surface area contributed by atoms with Crippen LogP contribution in [-0.4, -0.2) is 42.9 Å². The number of morpholine rings is 1. The summed E-state index contributed by atoms with van der Waals surface area (Å²) in [5.74, 6) is -0.542. The zero-order valence-electron chi connectivity index (χ0n) is 10.9. The van der Waals surface area contributed by atoms with E-state index in [4.69, 9.17) is 16.2 Å². The summed E-state index contributed by atoms with van der Waals surface area (Å²) in [5, 5.41) is 9.21. The van der Waals surface area contributed by atoms with E-state index in [0.29, 0.717) is 24.3 Å². The Morgan fingerprint density at radius 3 is 2.89 bits per heavy atom. The topological polar surface area (TPSA) is 102 Å². The molecule has 0 spiro atoms. The Bertz CT molecular complexity index is 478. The van der Waals surface area contributed by atoms with E-state index in [0.717, 1.165) is 5.69 Å². The van der Waals surface area contributed by atoms with Gasteiger partial charge >= 0.3 is 0 Å². The van der Waals surface area contributed by atoms with Gasteiger partial charge in [0.25, 0.3) is 5.91 Å². The fourth-order valence-corrected chi connectivity index (χ4v) is 2.31. The zero-order chi connectivity index (χ0) is 14.0. The number of nitrogen functional groups attached to an aromatic ring is 1. The van der Waals surface area contributed by atoms with Crippen molar-refractivity contribution in [1.82, 2.24) is 0 Å². The Hall–Kier alpha value is -1.79. The average Bonchev–Trinajstić information content (AvgIpc) is 2.38. The van der Waals surface area contributed by atoms with Crippen LogP contribution in [0.2, 0.25) is 0 Å². The number of benzene rings is 1. The number of aliphatic hydroxyl groups is 1. The number of ether oxygens (including phenoxy) is 1. The van der Waals surface area contributed by atoms with Gasteiger partial charge in [0.2, 0.25) is 0 Å². The lowest BCUT2D eigenvalue weighted by Crippen LogP contribution is -2.48. The fraction of sp³-hybridized carbons (Fsp3) is 0.462. The average molecular weight is 265 g/mol. The van der Waals surface area contributed by atoms with Crippen LogP contribution in [0.1, 0.15) is 17.3 Å². The van der Waals surface area contributed by atoms with E-state index < -0.39 is 5.91 Å². The second kappa shape index (κ2) is 5.46. The quantitative estimate of drug-likeness (QED) is 0.665. The molecule has 1 fully saturated rings. The molecule has 1 aromatic rings. The summed E-state index contributed by atoms with van der Waals surface area (Å²) in [7, 11) is 0. The largest absolute Gasteiger partial charge is 0.398 e. The first-order valence-corrected chi connectivity index (χ1v) is 6.22. The van der Waals surface area contributed by atoms with Crippen LogP contribution in [0.15, 0.2) is 18.2 Å². The lowest BCUT2D eigenvalue weighted by atomic mass is 10.1. The fourth-order valence-electron chi connectivity index (χ4n) is 2.31. The monoisotopic (exact) mass is 265 g/mol. The lowest BCUT2D eigenvalue weighted by Gasteiger charge is -2.37. The molecule has 2 rings (SSSR count). The maximum atomic E-state index is 11.3. The third kappa shape index (κ3) is 2.97. The molecule has 0 radical (unpaired) electrons. The Morgan fingerprint density at radius 2 is 2.26 bits per heavy atom. The van der Waals surface area contributed by atoms with Crippen LogP contribution < -0.4 is 16.4 Å². The Labute approximate surface area is 111 Å². The second-order valence-corrected chi connectivity index (χ2v) is 4.79. The first-order chi connectivity index (χ1) is 9.01. The molecule has 6 heteroatoms. The van der Waals surface area contributed by atoms with Gasteiger partial charge in [0, 0.05) is 24.5 Å². The number of nitrogens with two attached hydrogens (primary N) is 2. The zero-order valence-corrected chi connectivity index (χ0v) is 10.9. The molecule has 1 saturated heterocycles. The van der Waals surface area contributed by atoms with E-state index in [9.17, 15) is 9.90 Å². The molecule has 0 bridgehead atoms. The van der Waals surface area contributed by atoms with E-state index in [1.165, 1.54) is 0 Å². The van der Waals surface area contributed by atoms with Crippen LogP contribution in [-0.2, 0) is 4.74 Å². The molecule has 5 N–H and O–H groups in total. The van der Waals surface area contributed by atoms with E-state index >= 15 is 0 Å². The minimum absolute atomic E-state index is 0.0143. The summed E-state index contributed by atoms with van der Waals surface area (Å²) in [4.78, 5) is 13.4. The summed E-state index contributed by atoms with van der Waals surface area (Å²) in [6.07, 6.45) is -0.209. The molecule has 6 nitrogen and oxygen atoms in total. The summed E-state index contributed by atoms with van der Waals surface area (Å²) < 4.78 is 5.58. The molecule has 0 saturated carbocycles. The summed E-state index contributed by atoms with van der Waals surface area (Å²) in [6, 6.07) is 5.20. The minimum Gasteiger partial charge on any atom is -0.398 e. The second-order valence-electron chi connectivity index (χ2n) is 4.79. The van der Waals surface area contributed by atoms with Gasteiger partial charge in [0.1, 0.15) is 0 Å². The van der Waals surface area contributed by atoms with Crippen molar-refractivity contribution < 1.29 is 14.6 Å². The normalized spacial score (nSPS) is 23.4. The molecule has 2 atom stereocenters. The number of hydrogen-bond acceptors (Lipinski definition) is 5. The van der Waals surface area contributed by atoms with E-state index in [1.807, 2.05) is 13.0 Å². The minimum atomic E-state index is -0.542. The van der Waals surface area contributed by atoms with Crippen molar-refractivity contribution in [3.8, 4) is 0 Å². The predicted octanol–water partition coefficient (Wildman–Crippen LogP) is -0.0463. The van der Waals surface area contributed by atoms with Crippen molar-refractivity contribution in [2.24, 2.45) is 5.73 Å². The molecule has 0 aliphatic carbocycles. The van der Waals surface area contributed by atoms with Crippen molar-refractivity contribution in [2.45, 2.75) is 19.1 Å². The highest BCUT2D eigenvalue weighted by atomic mass is 16.5. The number of amides is 1. The molecular weight excluding hydrogens is 246 g/mol. The molecule has 1 aliphatic rings. The maximum absolute atomic E-state index is 11.3. The van der Waals surface area contributed by atoms with E-state index in [2.05, 4.69) is 4.90 Å². The molecule has 104 valence electrons. The highest BCUT2D eigenvalue weighted by molar-refractivity contribution is 5.99. The predicted molar refractivity (Wildman–Crippen MR) is 73.0 cm³/mol. The summed E-state index contributed by atoms with van der Waals surface area (Å²) in [6.45, 7) is 3.18. The van der Waals surface area contributed by atoms with Gasteiger partial charge in [-0.05, 0) is 25.1 Å². The van der Waals surface area contributed by atoms with Crippen LogP contribution in [0.3, 0.4) is 0 Å². The van der Waals surface area contributed by atoms with Gasteiger partial charge in [0.15, 0.2) is 0 Å². The molecular formula is C13H19N3O3. The van der Waals surface area contributed by atoms with Gasteiger partial charge in [-0.2, -0.15) is 0 Å². The number of hydrogen-bond donors (Lipinski definition) is 3. The van der Waals surface area contributed by atoms with Crippen LogP contribution in [0.4, 0.5) is 11.4 Å². The Kier molecular flexibility index (Phi) is 3.92. The van der Waals surface area contributed by atoms with E-state index in [-0.39, 0.29) is 18.8 Å². The molecule has 19 heavy (non-hydrogen) atoms. The van der Waals surface area contributed by atoms with Gasteiger partial charge in [-0.3, -0.25) is 4.79 Å². The van der Waals surface area contributed by atoms with Gasteiger partial charge < -0.3 is 26.2 Å². The lowest BCUT2D eigenvalue weighted by molar-refractivity contribution is -0.0421. The van der Waals surface area contributed by atoms with Crippen LogP contribution >= 0.6 is 0 Å². The van der Waals surface area contributed by atoms with Crippen molar-refractivity contribution in [3.63, 3.8) is 0 Å². The standard InChI is InChI=1S/C13H19N3O3/c1-8-5-16(6-10(7-17)19-8)9-2-3-12(14)11(4-9)13(15)18/h2-4,8,10,17H,5-7,14H2,1H3,(H2,15,18). The molecule has 1 aromatic carbocycles. The first kappa shape index (κ1) is 13.6. The molecule has 1 amide bonds. The summed E-state index contributed by atoms with van der Waals surface area (Å²) >= 11 is 0. The van der Waals surface area contributed by atoms with Gasteiger partial charge in [0.05, 0.1) is 24.4 Å². The van der Waals surface area contributed by atoms with Gasteiger partial charge in [-0.25, -0.2) is 0 Å². The Morgan fingerprint density at radius 1 is 1.53 bits per heavy atom. The molecule has 1 aliphatic heterocycles.